The average Bonchev–Trinajstić information content (AvgIpc) is 3.11. The zero-order chi connectivity index (χ0) is 17.6. The molecule has 134 valence electrons. The molecule has 5 heteroatoms. The van der Waals surface area contributed by atoms with Gasteiger partial charge in [0.05, 0.1) is 13.2 Å². The summed E-state index contributed by atoms with van der Waals surface area (Å²) in [5.41, 5.74) is 2.51. The van der Waals surface area contributed by atoms with Gasteiger partial charge in [-0.3, -0.25) is 0 Å². The van der Waals surface area contributed by atoms with E-state index in [4.69, 9.17) is 9.47 Å². The van der Waals surface area contributed by atoms with Crippen molar-refractivity contribution in [1.29, 1.82) is 0 Å². The van der Waals surface area contributed by atoms with Crippen LogP contribution in [0.25, 0.3) is 10.8 Å². The molecule has 2 N–H and O–H groups in total. The van der Waals surface area contributed by atoms with Crippen molar-refractivity contribution in [2.75, 3.05) is 26.4 Å². The summed E-state index contributed by atoms with van der Waals surface area (Å²) in [6.07, 6.45) is 2.34. The third kappa shape index (κ3) is 2.56. The Morgan fingerprint density at radius 2 is 1.60 bits per heavy atom. The van der Waals surface area contributed by atoms with Crippen molar-refractivity contribution in [3.8, 4) is 11.5 Å². The van der Waals surface area contributed by atoms with Crippen molar-refractivity contribution in [1.82, 2.24) is 0 Å². The van der Waals surface area contributed by atoms with E-state index in [9.17, 15) is 10.2 Å². The van der Waals surface area contributed by atoms with Crippen LogP contribution in [0.1, 0.15) is 42.7 Å². The predicted molar refractivity (Wildman–Crippen MR) is 101 cm³/mol. The Morgan fingerprint density at radius 1 is 1.00 bits per heavy atom. The van der Waals surface area contributed by atoms with Gasteiger partial charge < -0.3 is 19.7 Å². The second-order valence-corrected chi connectivity index (χ2v) is 7.80. The largest absolute Gasteiger partial charge is 0.490 e. The molecule has 1 saturated carbocycles. The van der Waals surface area contributed by atoms with Crippen molar-refractivity contribution in [2.45, 2.75) is 31.6 Å². The van der Waals surface area contributed by atoms with Crippen LogP contribution >= 0.6 is 15.9 Å². The lowest BCUT2D eigenvalue weighted by Gasteiger charge is -2.25. The zero-order valence-electron chi connectivity index (χ0n) is 14.3. The summed E-state index contributed by atoms with van der Waals surface area (Å²) in [7, 11) is 0. The van der Waals surface area contributed by atoms with Crippen LogP contribution in [0.5, 0.6) is 11.5 Å². The lowest BCUT2D eigenvalue weighted by atomic mass is 9.87. The third-order valence-electron chi connectivity index (χ3n) is 5.74. The molecule has 2 aliphatic carbocycles. The summed E-state index contributed by atoms with van der Waals surface area (Å²) in [6, 6.07) is 6.06. The van der Waals surface area contributed by atoms with Crippen molar-refractivity contribution in [3.63, 3.8) is 0 Å². The Kier molecular flexibility index (Phi) is 4.65. The lowest BCUT2D eigenvalue weighted by molar-refractivity contribution is 0.198. The van der Waals surface area contributed by atoms with Crippen LogP contribution in [0.3, 0.4) is 0 Å². The molecule has 3 atom stereocenters. The van der Waals surface area contributed by atoms with E-state index in [1.807, 2.05) is 12.1 Å². The number of hydrogen-bond acceptors (Lipinski definition) is 4. The van der Waals surface area contributed by atoms with Crippen LogP contribution in [-0.4, -0.2) is 36.6 Å². The van der Waals surface area contributed by atoms with Gasteiger partial charge in [-0.15, -0.1) is 0 Å². The summed E-state index contributed by atoms with van der Waals surface area (Å²) in [6.45, 7) is 2.87. The fraction of sp³-hybridized carbons (Fsp3) is 0.500. The number of halogens is 1. The molecule has 0 spiro atoms. The van der Waals surface area contributed by atoms with Crippen molar-refractivity contribution in [3.05, 3.63) is 33.8 Å². The molecule has 0 saturated heterocycles. The number of aliphatic hydroxyl groups excluding tert-OH is 2. The Labute approximate surface area is 155 Å². The maximum Gasteiger partial charge on any atom is 0.132 e. The van der Waals surface area contributed by atoms with Gasteiger partial charge >= 0.3 is 0 Å². The van der Waals surface area contributed by atoms with Crippen molar-refractivity contribution >= 4 is 26.7 Å². The minimum absolute atomic E-state index is 0.00329. The van der Waals surface area contributed by atoms with E-state index >= 15 is 0 Å². The summed E-state index contributed by atoms with van der Waals surface area (Å²) in [5, 5.41) is 20.6. The highest BCUT2D eigenvalue weighted by Crippen LogP contribution is 2.64. The van der Waals surface area contributed by atoms with Crippen molar-refractivity contribution < 1.29 is 19.7 Å². The highest BCUT2D eigenvalue weighted by atomic mass is 79.9. The summed E-state index contributed by atoms with van der Waals surface area (Å²) >= 11 is 3.67. The van der Waals surface area contributed by atoms with Gasteiger partial charge in [0.15, 0.2) is 0 Å². The van der Waals surface area contributed by atoms with Gasteiger partial charge in [-0.25, -0.2) is 0 Å². The molecule has 0 aliphatic heterocycles. The van der Waals surface area contributed by atoms with Gasteiger partial charge in [0.25, 0.3) is 0 Å². The Bertz CT molecular complexity index is 804. The highest BCUT2D eigenvalue weighted by molar-refractivity contribution is 9.10. The molecule has 25 heavy (non-hydrogen) atoms. The lowest BCUT2D eigenvalue weighted by Crippen LogP contribution is -2.11. The molecule has 4 rings (SSSR count). The molecule has 0 radical (unpaired) electrons. The van der Waals surface area contributed by atoms with Crippen LogP contribution in [0.4, 0.5) is 0 Å². The minimum Gasteiger partial charge on any atom is -0.490 e. The minimum atomic E-state index is -0.00681. The van der Waals surface area contributed by atoms with Gasteiger partial charge in [0.2, 0.25) is 0 Å². The topological polar surface area (TPSA) is 58.9 Å². The average molecular weight is 407 g/mol. The van der Waals surface area contributed by atoms with E-state index < -0.39 is 0 Å². The SMILES string of the molecule is CC1C2CCC1c1c2c(OCCO)c2cccc(Br)c2c1OCCO. The maximum absolute atomic E-state index is 9.28. The third-order valence-corrected chi connectivity index (χ3v) is 6.40. The van der Waals surface area contributed by atoms with E-state index in [2.05, 4.69) is 28.9 Å². The molecule has 0 amide bonds. The van der Waals surface area contributed by atoms with Gasteiger partial charge in [-0.2, -0.15) is 0 Å². The molecule has 2 aromatic rings. The molecule has 3 unspecified atom stereocenters. The first-order valence-electron chi connectivity index (χ1n) is 8.94. The number of aliphatic hydroxyl groups is 2. The monoisotopic (exact) mass is 406 g/mol. The second kappa shape index (κ2) is 6.78. The first-order valence-corrected chi connectivity index (χ1v) is 9.73. The Hall–Kier alpha value is -1.30. The summed E-state index contributed by atoms with van der Waals surface area (Å²) in [4.78, 5) is 0. The summed E-state index contributed by atoms with van der Waals surface area (Å²) in [5.74, 6) is 3.31. The normalized spacial score (nSPS) is 23.9. The number of rotatable bonds is 6. The number of benzene rings is 2. The van der Waals surface area contributed by atoms with Crippen LogP contribution in [-0.2, 0) is 0 Å². The van der Waals surface area contributed by atoms with Crippen molar-refractivity contribution in [2.24, 2.45) is 5.92 Å². The fourth-order valence-electron chi connectivity index (χ4n) is 4.79. The van der Waals surface area contributed by atoms with E-state index in [-0.39, 0.29) is 26.4 Å². The summed E-state index contributed by atoms with van der Waals surface area (Å²) < 4.78 is 13.1. The van der Waals surface area contributed by atoms with E-state index in [0.717, 1.165) is 26.7 Å². The molecular weight excluding hydrogens is 384 g/mol. The van der Waals surface area contributed by atoms with Crippen LogP contribution in [0.15, 0.2) is 22.7 Å². The first kappa shape index (κ1) is 17.1. The molecule has 4 nitrogen and oxygen atoms in total. The predicted octanol–water partition coefficient (Wildman–Crippen LogP) is 3.96. The highest BCUT2D eigenvalue weighted by Gasteiger charge is 2.48. The Balaban J connectivity index is 2.03. The smallest absolute Gasteiger partial charge is 0.132 e. The molecule has 2 bridgehead atoms. The Morgan fingerprint density at radius 3 is 2.24 bits per heavy atom. The van der Waals surface area contributed by atoms with Gasteiger partial charge in [0, 0.05) is 26.4 Å². The maximum atomic E-state index is 9.28. The van der Waals surface area contributed by atoms with E-state index in [1.54, 1.807) is 0 Å². The standard InChI is InChI=1S/C20H23BrO4/c1-11-12-5-6-13(11)18-17(12)19(24-9-7-22)14-3-2-4-15(21)16(14)20(18)25-10-8-23/h2-4,11-13,22-23H,5-10H2,1H3. The zero-order valence-corrected chi connectivity index (χ0v) is 15.9. The van der Waals surface area contributed by atoms with Crippen LogP contribution in [0, 0.1) is 5.92 Å². The number of hydrogen-bond donors (Lipinski definition) is 2. The first-order chi connectivity index (χ1) is 12.2. The quantitative estimate of drug-likeness (QED) is 0.761. The molecule has 0 aromatic heterocycles. The second-order valence-electron chi connectivity index (χ2n) is 6.94. The fourth-order valence-corrected chi connectivity index (χ4v) is 5.33. The molecule has 1 fully saturated rings. The molecule has 0 heterocycles. The van der Waals surface area contributed by atoms with Crippen LogP contribution in [0.2, 0.25) is 0 Å². The van der Waals surface area contributed by atoms with Crippen LogP contribution < -0.4 is 9.47 Å². The van der Waals surface area contributed by atoms with E-state index in [1.165, 1.54) is 24.0 Å². The number of fused-ring (bicyclic) bond motifs is 6. The molecular formula is C20H23BrO4. The van der Waals surface area contributed by atoms with Gasteiger partial charge in [-0.1, -0.05) is 35.0 Å². The molecule has 2 aromatic carbocycles. The van der Waals surface area contributed by atoms with Gasteiger partial charge in [0.1, 0.15) is 24.7 Å². The molecule has 2 aliphatic rings. The van der Waals surface area contributed by atoms with E-state index in [0.29, 0.717) is 17.8 Å². The van der Waals surface area contributed by atoms with Gasteiger partial charge in [-0.05, 0) is 36.7 Å². The number of ether oxygens (including phenoxy) is 2.